The molecule has 0 aromatic carbocycles. The highest BCUT2D eigenvalue weighted by molar-refractivity contribution is 7.15. The number of rotatable bonds is 5. The number of aromatic nitrogens is 3. The fraction of sp³-hybridized carbons (Fsp3) is 0.579. The van der Waals surface area contributed by atoms with E-state index in [9.17, 15) is 4.79 Å². The van der Waals surface area contributed by atoms with Gasteiger partial charge in [0.1, 0.15) is 5.69 Å². The molecule has 0 unspecified atom stereocenters. The lowest BCUT2D eigenvalue weighted by molar-refractivity contribution is -0.130. The predicted molar refractivity (Wildman–Crippen MR) is 100 cm³/mol. The summed E-state index contributed by atoms with van der Waals surface area (Å²) in [5.74, 6) is 1.25. The van der Waals surface area contributed by atoms with Crippen molar-refractivity contribution in [1.29, 1.82) is 0 Å². The van der Waals surface area contributed by atoms with E-state index < -0.39 is 0 Å². The van der Waals surface area contributed by atoms with Crippen molar-refractivity contribution in [2.45, 2.75) is 46.5 Å². The van der Waals surface area contributed by atoms with Gasteiger partial charge in [-0.1, -0.05) is 13.8 Å². The van der Waals surface area contributed by atoms with Gasteiger partial charge in [0.05, 0.1) is 21.8 Å². The van der Waals surface area contributed by atoms with Crippen molar-refractivity contribution in [3.63, 3.8) is 0 Å². The van der Waals surface area contributed by atoms with Crippen LogP contribution >= 0.6 is 11.3 Å². The summed E-state index contributed by atoms with van der Waals surface area (Å²) in [7, 11) is 0. The van der Waals surface area contributed by atoms with Crippen molar-refractivity contribution in [1.82, 2.24) is 19.9 Å². The summed E-state index contributed by atoms with van der Waals surface area (Å²) >= 11 is 1.71. The maximum Gasteiger partial charge on any atom is 0.219 e. The summed E-state index contributed by atoms with van der Waals surface area (Å²) in [5.41, 5.74) is 1.91. The smallest absolute Gasteiger partial charge is 0.219 e. The fourth-order valence-electron chi connectivity index (χ4n) is 3.31. The number of likely N-dealkylation sites (tertiary alicyclic amines) is 1. The molecule has 0 saturated carbocycles. The van der Waals surface area contributed by atoms with Gasteiger partial charge in [-0.2, -0.15) is 0 Å². The minimum atomic E-state index is 0.173. The van der Waals surface area contributed by atoms with E-state index in [0.717, 1.165) is 60.0 Å². The van der Waals surface area contributed by atoms with Gasteiger partial charge < -0.3 is 4.90 Å². The Morgan fingerprint density at radius 1 is 1.36 bits per heavy atom. The van der Waals surface area contributed by atoms with Crippen molar-refractivity contribution < 1.29 is 4.79 Å². The minimum absolute atomic E-state index is 0.173. The van der Waals surface area contributed by atoms with Crippen LogP contribution in [0.25, 0.3) is 10.6 Å². The third kappa shape index (κ3) is 4.84. The van der Waals surface area contributed by atoms with Gasteiger partial charge in [0.25, 0.3) is 0 Å². The molecule has 3 rings (SSSR count). The lowest BCUT2D eigenvalue weighted by Crippen LogP contribution is -2.39. The number of thiazole rings is 1. The number of piperidine rings is 1. The van der Waals surface area contributed by atoms with Crippen LogP contribution in [-0.4, -0.2) is 38.8 Å². The Bertz CT molecular complexity index is 728. The van der Waals surface area contributed by atoms with Crippen LogP contribution in [0.2, 0.25) is 0 Å². The molecule has 0 radical (unpaired) electrons. The van der Waals surface area contributed by atoms with Gasteiger partial charge in [0, 0.05) is 38.8 Å². The Morgan fingerprint density at radius 2 is 2.20 bits per heavy atom. The van der Waals surface area contributed by atoms with E-state index in [1.165, 1.54) is 0 Å². The second kappa shape index (κ2) is 8.04. The number of carbonyl (C=O) groups excluding carboxylic acids is 1. The van der Waals surface area contributed by atoms with Crippen molar-refractivity contribution in [3.8, 4) is 10.6 Å². The van der Waals surface area contributed by atoms with E-state index in [1.54, 1.807) is 18.3 Å². The Morgan fingerprint density at radius 3 is 2.96 bits per heavy atom. The second-order valence-corrected chi connectivity index (χ2v) is 8.40. The first-order valence-electron chi connectivity index (χ1n) is 9.02. The first kappa shape index (κ1) is 18.0. The molecule has 1 amide bonds. The van der Waals surface area contributed by atoms with Gasteiger partial charge in [-0.3, -0.25) is 9.78 Å². The molecule has 3 heterocycles. The van der Waals surface area contributed by atoms with Gasteiger partial charge >= 0.3 is 0 Å². The standard InChI is InChI=1S/C19H26N4OS/c1-13(2)7-19-21-11-18(25-19)17-10-20-9-16(22-17)8-15-5-4-6-23(12-15)14(3)24/h9-11,13,15H,4-8,12H2,1-3H3/t15-/m0/s1. The van der Waals surface area contributed by atoms with E-state index in [1.807, 2.05) is 23.5 Å². The zero-order chi connectivity index (χ0) is 17.8. The molecule has 1 aliphatic rings. The minimum Gasteiger partial charge on any atom is -0.343 e. The second-order valence-electron chi connectivity index (χ2n) is 7.29. The van der Waals surface area contributed by atoms with Gasteiger partial charge in [-0.05, 0) is 31.1 Å². The average molecular weight is 359 g/mol. The fourth-order valence-corrected chi connectivity index (χ4v) is 4.39. The molecule has 1 saturated heterocycles. The molecule has 2 aromatic rings. The van der Waals surface area contributed by atoms with E-state index in [-0.39, 0.29) is 5.91 Å². The van der Waals surface area contributed by atoms with Crippen LogP contribution < -0.4 is 0 Å². The highest BCUT2D eigenvalue weighted by Crippen LogP contribution is 2.26. The molecule has 1 atom stereocenters. The van der Waals surface area contributed by atoms with Crippen LogP contribution in [0.1, 0.15) is 44.3 Å². The van der Waals surface area contributed by atoms with Crippen molar-refractivity contribution in [2.75, 3.05) is 13.1 Å². The summed E-state index contributed by atoms with van der Waals surface area (Å²) in [4.78, 5) is 28.3. The molecular formula is C19H26N4OS. The molecule has 6 heteroatoms. The maximum atomic E-state index is 11.6. The van der Waals surface area contributed by atoms with Crippen molar-refractivity contribution >= 4 is 17.2 Å². The number of carbonyl (C=O) groups is 1. The largest absolute Gasteiger partial charge is 0.343 e. The van der Waals surface area contributed by atoms with Crippen molar-refractivity contribution in [2.24, 2.45) is 11.8 Å². The van der Waals surface area contributed by atoms with Crippen LogP contribution in [0.5, 0.6) is 0 Å². The lowest BCUT2D eigenvalue weighted by Gasteiger charge is -2.31. The predicted octanol–water partition coefficient (Wildman–Crippen LogP) is 3.60. The van der Waals surface area contributed by atoms with E-state index in [2.05, 4.69) is 23.8 Å². The molecular weight excluding hydrogens is 332 g/mol. The molecule has 25 heavy (non-hydrogen) atoms. The number of hydrogen-bond acceptors (Lipinski definition) is 5. The quantitative estimate of drug-likeness (QED) is 0.819. The summed E-state index contributed by atoms with van der Waals surface area (Å²) in [6.45, 7) is 7.78. The lowest BCUT2D eigenvalue weighted by atomic mass is 9.93. The molecule has 2 aromatic heterocycles. The Hall–Kier alpha value is -1.82. The van der Waals surface area contributed by atoms with Gasteiger partial charge in [-0.25, -0.2) is 9.97 Å². The third-order valence-corrected chi connectivity index (χ3v) is 5.58. The van der Waals surface area contributed by atoms with E-state index >= 15 is 0 Å². The number of nitrogens with zero attached hydrogens (tertiary/aromatic N) is 4. The zero-order valence-electron chi connectivity index (χ0n) is 15.2. The first-order valence-corrected chi connectivity index (χ1v) is 9.84. The Kier molecular flexibility index (Phi) is 5.78. The third-order valence-electron chi connectivity index (χ3n) is 4.54. The molecule has 134 valence electrons. The maximum absolute atomic E-state index is 11.6. The Labute approximate surface area is 153 Å². The molecule has 0 bridgehead atoms. The molecule has 1 aliphatic heterocycles. The topological polar surface area (TPSA) is 59.0 Å². The average Bonchev–Trinajstić information content (AvgIpc) is 3.03. The molecule has 1 fully saturated rings. The monoisotopic (exact) mass is 358 g/mol. The highest BCUT2D eigenvalue weighted by Gasteiger charge is 2.22. The van der Waals surface area contributed by atoms with Crippen LogP contribution in [0.15, 0.2) is 18.6 Å². The van der Waals surface area contributed by atoms with Gasteiger partial charge in [-0.15, -0.1) is 11.3 Å². The van der Waals surface area contributed by atoms with Gasteiger partial charge in [0.15, 0.2) is 0 Å². The SMILES string of the molecule is CC(=O)N1CCC[C@@H](Cc2cncc(-c3cnc(CC(C)C)s3)n2)C1. The van der Waals surface area contributed by atoms with E-state index in [0.29, 0.717) is 11.8 Å². The first-order chi connectivity index (χ1) is 12.0. The molecule has 5 nitrogen and oxygen atoms in total. The number of hydrogen-bond donors (Lipinski definition) is 0. The van der Waals surface area contributed by atoms with Crippen LogP contribution in [0.3, 0.4) is 0 Å². The molecule has 0 N–H and O–H groups in total. The Balaban J connectivity index is 1.69. The van der Waals surface area contributed by atoms with Gasteiger partial charge in [0.2, 0.25) is 5.91 Å². The van der Waals surface area contributed by atoms with Crippen LogP contribution in [0.4, 0.5) is 0 Å². The zero-order valence-corrected chi connectivity index (χ0v) is 16.1. The molecule has 0 aliphatic carbocycles. The highest BCUT2D eigenvalue weighted by atomic mass is 32.1. The normalized spacial score (nSPS) is 17.9. The summed E-state index contributed by atoms with van der Waals surface area (Å²) < 4.78 is 0. The van der Waals surface area contributed by atoms with Crippen LogP contribution in [0, 0.1) is 11.8 Å². The van der Waals surface area contributed by atoms with Crippen LogP contribution in [-0.2, 0) is 17.6 Å². The molecule has 0 spiro atoms. The number of amides is 1. The summed E-state index contributed by atoms with van der Waals surface area (Å²) in [6.07, 6.45) is 9.68. The van der Waals surface area contributed by atoms with E-state index in [4.69, 9.17) is 4.98 Å². The summed E-state index contributed by atoms with van der Waals surface area (Å²) in [5, 5.41) is 1.15. The summed E-state index contributed by atoms with van der Waals surface area (Å²) in [6, 6.07) is 0. The van der Waals surface area contributed by atoms with Crippen molar-refractivity contribution in [3.05, 3.63) is 29.3 Å².